The number of hydrogen-bond donors (Lipinski definition) is 2. The highest BCUT2D eigenvalue weighted by molar-refractivity contribution is 6.08. The van der Waals surface area contributed by atoms with Crippen molar-refractivity contribution in [2.24, 2.45) is 11.8 Å². The monoisotopic (exact) mass is 578 g/mol. The first kappa shape index (κ1) is 31.8. The lowest BCUT2D eigenvalue weighted by molar-refractivity contribution is -0.137. The zero-order valence-corrected chi connectivity index (χ0v) is 26.3. The summed E-state index contributed by atoms with van der Waals surface area (Å²) in [7, 11) is 0. The summed E-state index contributed by atoms with van der Waals surface area (Å²) in [5.41, 5.74) is 8.27. The maximum Gasteiger partial charge on any atom is 0.303 e. The van der Waals surface area contributed by atoms with E-state index in [9.17, 15) is 9.59 Å². The summed E-state index contributed by atoms with van der Waals surface area (Å²) < 4.78 is 1.95. The van der Waals surface area contributed by atoms with Gasteiger partial charge in [-0.25, -0.2) is 0 Å². The van der Waals surface area contributed by atoms with E-state index in [0.29, 0.717) is 42.5 Å². The number of aliphatic carboxylic acids is 1. The van der Waals surface area contributed by atoms with Crippen LogP contribution in [0.2, 0.25) is 0 Å². The summed E-state index contributed by atoms with van der Waals surface area (Å²) in [5.74, 6) is 0.390. The Kier molecular flexibility index (Phi) is 11.0. The lowest BCUT2D eigenvalue weighted by Gasteiger charge is -2.22. The van der Waals surface area contributed by atoms with E-state index >= 15 is 0 Å². The van der Waals surface area contributed by atoms with Crippen molar-refractivity contribution in [1.29, 1.82) is 0 Å². The molecule has 4 aromatic rings. The van der Waals surface area contributed by atoms with Crippen LogP contribution < -0.4 is 5.32 Å². The zero-order valence-electron chi connectivity index (χ0n) is 26.3. The third-order valence-corrected chi connectivity index (χ3v) is 7.75. The fourth-order valence-electron chi connectivity index (χ4n) is 5.63. The minimum Gasteiger partial charge on any atom is -0.481 e. The number of hydrogen-bond acceptors (Lipinski definition) is 3. The van der Waals surface area contributed by atoms with Crippen LogP contribution in [0, 0.1) is 11.8 Å². The van der Waals surface area contributed by atoms with Gasteiger partial charge < -0.3 is 15.0 Å². The molecule has 0 aliphatic rings. The van der Waals surface area contributed by atoms with Crippen molar-refractivity contribution in [2.75, 3.05) is 5.32 Å². The fourth-order valence-corrected chi connectivity index (χ4v) is 5.63. The Morgan fingerprint density at radius 1 is 0.767 bits per heavy atom. The Morgan fingerprint density at radius 3 is 1.77 bits per heavy atom. The second-order valence-electron chi connectivity index (χ2n) is 12.4. The van der Waals surface area contributed by atoms with Gasteiger partial charge in [-0.2, -0.15) is 0 Å². The molecule has 5 nitrogen and oxygen atoms in total. The lowest BCUT2D eigenvalue weighted by atomic mass is 9.93. The molecule has 0 aliphatic heterocycles. The standard InChI is InChI=1S/C38H46N2O3/c1-6-40-25-30(8-7-9-36(41)42)24-35(40)38(43)33-18-20-34(21-19-33)39-37(31-14-10-28(11-15-31)22-26(2)3)32-16-12-29(13-17-32)23-27(4)5/h10-21,24-27,37,39H,6-9,22-23H2,1-5H3,(H,41,42). The third-order valence-electron chi connectivity index (χ3n) is 7.75. The molecule has 0 aliphatic carbocycles. The van der Waals surface area contributed by atoms with Crippen LogP contribution in [0.15, 0.2) is 85.1 Å². The molecule has 0 fully saturated rings. The molecule has 226 valence electrons. The molecule has 0 radical (unpaired) electrons. The van der Waals surface area contributed by atoms with Crippen molar-refractivity contribution < 1.29 is 14.7 Å². The highest BCUT2D eigenvalue weighted by Gasteiger charge is 2.18. The molecule has 0 amide bonds. The SMILES string of the molecule is CCn1cc(CCCC(=O)O)cc1C(=O)c1ccc(NC(c2ccc(CC(C)C)cc2)c2ccc(CC(C)C)cc2)cc1. The summed E-state index contributed by atoms with van der Waals surface area (Å²) in [6.45, 7) is 11.7. The topological polar surface area (TPSA) is 71.3 Å². The molecule has 0 spiro atoms. The summed E-state index contributed by atoms with van der Waals surface area (Å²) in [6.07, 6.45) is 5.40. The van der Waals surface area contributed by atoms with E-state index in [-0.39, 0.29) is 18.2 Å². The van der Waals surface area contributed by atoms with Crippen molar-refractivity contribution in [1.82, 2.24) is 4.57 Å². The van der Waals surface area contributed by atoms with Gasteiger partial charge >= 0.3 is 5.97 Å². The molecule has 0 atom stereocenters. The minimum absolute atomic E-state index is 0.0316. The Hall–Kier alpha value is -4.12. The van der Waals surface area contributed by atoms with Crippen LogP contribution in [-0.4, -0.2) is 21.4 Å². The minimum atomic E-state index is -0.798. The fraction of sp³-hybridized carbons (Fsp3) is 0.368. The van der Waals surface area contributed by atoms with Gasteiger partial charge in [0.2, 0.25) is 5.78 Å². The summed E-state index contributed by atoms with van der Waals surface area (Å²) >= 11 is 0. The molecule has 0 unspecified atom stereocenters. The van der Waals surface area contributed by atoms with Crippen molar-refractivity contribution in [3.63, 3.8) is 0 Å². The van der Waals surface area contributed by atoms with E-state index in [4.69, 9.17) is 5.11 Å². The largest absolute Gasteiger partial charge is 0.481 e. The number of carbonyl (C=O) groups is 2. The number of anilines is 1. The molecule has 1 heterocycles. The predicted molar refractivity (Wildman–Crippen MR) is 176 cm³/mol. The van der Waals surface area contributed by atoms with Crippen molar-refractivity contribution in [2.45, 2.75) is 79.3 Å². The third kappa shape index (κ3) is 8.93. The Morgan fingerprint density at radius 2 is 1.30 bits per heavy atom. The van der Waals surface area contributed by atoms with Gasteiger partial charge in [0, 0.05) is 30.4 Å². The average Bonchev–Trinajstić information content (AvgIpc) is 3.39. The molecule has 0 saturated carbocycles. The van der Waals surface area contributed by atoms with Gasteiger partial charge in [-0.3, -0.25) is 9.59 Å². The first-order valence-electron chi connectivity index (χ1n) is 15.6. The Balaban J connectivity index is 1.55. The van der Waals surface area contributed by atoms with E-state index in [1.54, 1.807) is 0 Å². The van der Waals surface area contributed by atoms with Crippen LogP contribution in [0.5, 0.6) is 0 Å². The highest BCUT2D eigenvalue weighted by Crippen LogP contribution is 2.29. The summed E-state index contributed by atoms with van der Waals surface area (Å²) in [5, 5.41) is 12.7. The number of aryl methyl sites for hydroxylation is 2. The van der Waals surface area contributed by atoms with Crippen molar-refractivity contribution in [3.05, 3.63) is 124 Å². The zero-order chi connectivity index (χ0) is 30.9. The van der Waals surface area contributed by atoms with Gasteiger partial charge in [-0.1, -0.05) is 76.2 Å². The van der Waals surface area contributed by atoms with Gasteiger partial charge in [0.15, 0.2) is 0 Å². The number of benzene rings is 3. The molecule has 2 N–H and O–H groups in total. The van der Waals surface area contributed by atoms with Gasteiger partial charge in [-0.05, 0) is 103 Å². The molecule has 3 aromatic carbocycles. The Labute approximate surface area is 257 Å². The molecular weight excluding hydrogens is 532 g/mol. The van der Waals surface area contributed by atoms with Gasteiger partial charge in [0.25, 0.3) is 0 Å². The number of carboxylic acids is 1. The van der Waals surface area contributed by atoms with Gasteiger partial charge in [0.1, 0.15) is 0 Å². The van der Waals surface area contributed by atoms with Crippen LogP contribution in [-0.2, 0) is 30.6 Å². The number of rotatable bonds is 15. The van der Waals surface area contributed by atoms with E-state index in [2.05, 4.69) is 81.5 Å². The number of carbonyl (C=O) groups excluding carboxylic acids is 1. The average molecular weight is 579 g/mol. The van der Waals surface area contributed by atoms with Crippen LogP contribution in [0.25, 0.3) is 0 Å². The van der Waals surface area contributed by atoms with E-state index in [1.165, 1.54) is 22.3 Å². The molecule has 0 saturated heterocycles. The highest BCUT2D eigenvalue weighted by atomic mass is 16.4. The van der Waals surface area contributed by atoms with Crippen LogP contribution in [0.3, 0.4) is 0 Å². The molecular formula is C38H46N2O3. The number of aromatic nitrogens is 1. The maximum absolute atomic E-state index is 13.5. The van der Waals surface area contributed by atoms with Crippen molar-refractivity contribution in [3.8, 4) is 0 Å². The second-order valence-corrected chi connectivity index (χ2v) is 12.4. The van der Waals surface area contributed by atoms with Crippen LogP contribution in [0.1, 0.15) is 97.4 Å². The van der Waals surface area contributed by atoms with E-state index in [1.807, 2.05) is 48.0 Å². The number of nitrogens with zero attached hydrogens (tertiary/aromatic N) is 1. The lowest BCUT2D eigenvalue weighted by Crippen LogP contribution is -2.13. The number of nitrogens with one attached hydrogen (secondary N) is 1. The Bertz CT molecular complexity index is 1430. The van der Waals surface area contributed by atoms with Gasteiger partial charge in [-0.15, -0.1) is 0 Å². The first-order valence-corrected chi connectivity index (χ1v) is 15.6. The van der Waals surface area contributed by atoms with E-state index in [0.717, 1.165) is 24.1 Å². The smallest absolute Gasteiger partial charge is 0.303 e. The number of carboxylic acid groups (broad SMARTS) is 1. The predicted octanol–water partition coefficient (Wildman–Crippen LogP) is 8.74. The molecule has 1 aromatic heterocycles. The second kappa shape index (κ2) is 14.9. The number of ketones is 1. The van der Waals surface area contributed by atoms with Crippen LogP contribution in [0.4, 0.5) is 5.69 Å². The summed E-state index contributed by atoms with van der Waals surface area (Å²) in [6, 6.07) is 27.4. The maximum atomic E-state index is 13.5. The van der Waals surface area contributed by atoms with E-state index < -0.39 is 5.97 Å². The molecule has 4 rings (SSSR count). The first-order chi connectivity index (χ1) is 20.6. The normalized spacial score (nSPS) is 11.4. The summed E-state index contributed by atoms with van der Waals surface area (Å²) in [4.78, 5) is 24.4. The van der Waals surface area contributed by atoms with Gasteiger partial charge in [0.05, 0.1) is 11.7 Å². The van der Waals surface area contributed by atoms with Crippen molar-refractivity contribution >= 4 is 17.4 Å². The van der Waals surface area contributed by atoms with Crippen LogP contribution >= 0.6 is 0 Å². The molecule has 43 heavy (non-hydrogen) atoms. The molecule has 0 bridgehead atoms. The molecule has 5 heteroatoms. The quantitative estimate of drug-likeness (QED) is 0.138.